The Bertz CT molecular complexity index is 970. The van der Waals surface area contributed by atoms with E-state index < -0.39 is 11.2 Å². The van der Waals surface area contributed by atoms with Gasteiger partial charge in [0.2, 0.25) is 11.8 Å². The van der Waals surface area contributed by atoms with E-state index in [2.05, 4.69) is 15.5 Å². The molecule has 0 radical (unpaired) electrons. The number of thioether (sulfide) groups is 1. The molecule has 0 saturated heterocycles. The highest BCUT2D eigenvalue weighted by Crippen LogP contribution is 2.25. The van der Waals surface area contributed by atoms with Gasteiger partial charge in [-0.25, -0.2) is 0 Å². The number of carbonyl (C=O) groups excluding carboxylic acids is 2. The first kappa shape index (κ1) is 19.4. The minimum absolute atomic E-state index is 0.193. The summed E-state index contributed by atoms with van der Waals surface area (Å²) in [4.78, 5) is 23.6. The van der Waals surface area contributed by atoms with E-state index in [9.17, 15) is 9.59 Å². The molecule has 0 aliphatic carbocycles. The lowest BCUT2D eigenvalue weighted by Crippen LogP contribution is -2.23. The number of nitrogens with zero attached hydrogens (tertiary/aromatic N) is 3. The van der Waals surface area contributed by atoms with Crippen molar-refractivity contribution in [1.29, 1.82) is 0 Å². The van der Waals surface area contributed by atoms with Gasteiger partial charge in [-0.05, 0) is 55.5 Å². The van der Waals surface area contributed by atoms with E-state index in [-0.39, 0.29) is 5.91 Å². The van der Waals surface area contributed by atoms with E-state index in [0.717, 1.165) is 11.4 Å². The maximum Gasteiger partial charge on any atom is 0.248 e. The lowest BCUT2D eigenvalue weighted by Gasteiger charge is -2.13. The van der Waals surface area contributed by atoms with E-state index in [1.165, 1.54) is 11.8 Å². The molecular weight excluding hydrogens is 378 g/mol. The highest BCUT2D eigenvalue weighted by Gasteiger charge is 2.19. The van der Waals surface area contributed by atoms with E-state index in [1.807, 2.05) is 24.3 Å². The van der Waals surface area contributed by atoms with Gasteiger partial charge in [0.05, 0.1) is 12.4 Å². The molecule has 144 valence electrons. The number of nitrogens with two attached hydrogens (primary N) is 1. The van der Waals surface area contributed by atoms with Crippen molar-refractivity contribution in [1.82, 2.24) is 14.8 Å². The molecule has 1 unspecified atom stereocenters. The summed E-state index contributed by atoms with van der Waals surface area (Å²) in [6.07, 6.45) is 1.59. The topological polar surface area (TPSA) is 112 Å². The van der Waals surface area contributed by atoms with Gasteiger partial charge in [0, 0.05) is 16.9 Å². The first-order valence-electron chi connectivity index (χ1n) is 8.40. The molecule has 2 amide bonds. The molecule has 8 nitrogen and oxygen atoms in total. The van der Waals surface area contributed by atoms with Crippen molar-refractivity contribution < 1.29 is 14.3 Å². The monoisotopic (exact) mass is 397 g/mol. The minimum Gasteiger partial charge on any atom is -0.497 e. The standard InChI is InChI=1S/C19H19N5O3S/c1-12(18(26)22-14-5-3-13(4-6-14)17(20)25)28-19-23-21-11-24(19)15-7-9-16(27-2)10-8-15/h3-12H,1-2H3,(H2,20,25)(H,22,26). The van der Waals surface area contributed by atoms with Crippen LogP contribution in [0.1, 0.15) is 17.3 Å². The number of hydrogen-bond acceptors (Lipinski definition) is 6. The summed E-state index contributed by atoms with van der Waals surface area (Å²) in [5, 5.41) is 11.0. The molecule has 1 atom stereocenters. The number of rotatable bonds is 7. The fourth-order valence-electron chi connectivity index (χ4n) is 2.40. The number of hydrogen-bond donors (Lipinski definition) is 2. The second-order valence-electron chi connectivity index (χ2n) is 5.87. The molecule has 28 heavy (non-hydrogen) atoms. The summed E-state index contributed by atoms with van der Waals surface area (Å²) in [5.74, 6) is 0.0434. The first-order chi connectivity index (χ1) is 13.5. The van der Waals surface area contributed by atoms with Crippen molar-refractivity contribution >= 4 is 29.3 Å². The average molecular weight is 397 g/mol. The zero-order valence-electron chi connectivity index (χ0n) is 15.3. The SMILES string of the molecule is COc1ccc(-n2cnnc2SC(C)C(=O)Nc2ccc(C(N)=O)cc2)cc1. The summed E-state index contributed by atoms with van der Waals surface area (Å²) in [6, 6.07) is 13.9. The van der Waals surface area contributed by atoms with Gasteiger partial charge in [-0.1, -0.05) is 11.8 Å². The highest BCUT2D eigenvalue weighted by atomic mass is 32.2. The van der Waals surface area contributed by atoms with Crippen LogP contribution in [0.15, 0.2) is 60.0 Å². The summed E-state index contributed by atoms with van der Waals surface area (Å²) in [7, 11) is 1.61. The van der Waals surface area contributed by atoms with Crippen LogP contribution in [0.25, 0.3) is 5.69 Å². The predicted octanol–water partition coefficient (Wildman–Crippen LogP) is 2.49. The third-order valence-corrected chi connectivity index (χ3v) is 5.01. The van der Waals surface area contributed by atoms with Crippen LogP contribution in [0.3, 0.4) is 0 Å². The number of methoxy groups -OCH3 is 1. The molecule has 3 N–H and O–H groups in total. The molecule has 0 bridgehead atoms. The number of aromatic nitrogens is 3. The summed E-state index contributed by atoms with van der Waals surface area (Å²) < 4.78 is 6.97. The summed E-state index contributed by atoms with van der Waals surface area (Å²) in [6.45, 7) is 1.78. The molecule has 3 rings (SSSR count). The van der Waals surface area contributed by atoms with E-state index in [4.69, 9.17) is 10.5 Å². The lowest BCUT2D eigenvalue weighted by atomic mass is 10.2. The number of carbonyl (C=O) groups is 2. The molecule has 0 aliphatic rings. The Morgan fingerprint density at radius 1 is 1.14 bits per heavy atom. The number of primary amides is 1. The zero-order chi connectivity index (χ0) is 20.1. The van der Waals surface area contributed by atoms with Crippen LogP contribution < -0.4 is 15.8 Å². The molecule has 0 saturated carbocycles. The van der Waals surface area contributed by atoms with Crippen LogP contribution in [0.2, 0.25) is 0 Å². The zero-order valence-corrected chi connectivity index (χ0v) is 16.1. The average Bonchev–Trinajstić information content (AvgIpc) is 3.16. The van der Waals surface area contributed by atoms with Crippen molar-refractivity contribution in [2.75, 3.05) is 12.4 Å². The van der Waals surface area contributed by atoms with Gasteiger partial charge >= 0.3 is 0 Å². The molecule has 1 heterocycles. The van der Waals surface area contributed by atoms with Crippen LogP contribution in [-0.4, -0.2) is 38.9 Å². The Morgan fingerprint density at radius 2 is 1.82 bits per heavy atom. The second-order valence-corrected chi connectivity index (χ2v) is 7.18. The minimum atomic E-state index is -0.514. The summed E-state index contributed by atoms with van der Waals surface area (Å²) >= 11 is 1.29. The van der Waals surface area contributed by atoms with Crippen LogP contribution in [-0.2, 0) is 4.79 Å². The Hall–Kier alpha value is -3.33. The Morgan fingerprint density at radius 3 is 2.43 bits per heavy atom. The number of anilines is 1. The van der Waals surface area contributed by atoms with Crippen molar-refractivity contribution in [2.45, 2.75) is 17.3 Å². The van der Waals surface area contributed by atoms with E-state index in [0.29, 0.717) is 16.4 Å². The van der Waals surface area contributed by atoms with Crippen molar-refractivity contribution in [2.24, 2.45) is 5.73 Å². The van der Waals surface area contributed by atoms with Crippen LogP contribution in [0.4, 0.5) is 5.69 Å². The van der Waals surface area contributed by atoms with Gasteiger partial charge in [0.15, 0.2) is 5.16 Å². The fourth-order valence-corrected chi connectivity index (χ4v) is 3.24. The molecule has 2 aromatic carbocycles. The number of benzene rings is 2. The molecule has 0 spiro atoms. The van der Waals surface area contributed by atoms with Gasteiger partial charge in [0.1, 0.15) is 12.1 Å². The van der Waals surface area contributed by atoms with E-state index >= 15 is 0 Å². The van der Waals surface area contributed by atoms with Crippen molar-refractivity contribution in [3.05, 3.63) is 60.4 Å². The fraction of sp³-hybridized carbons (Fsp3) is 0.158. The number of amides is 2. The molecule has 3 aromatic rings. The van der Waals surface area contributed by atoms with Gasteiger partial charge in [-0.15, -0.1) is 10.2 Å². The Labute approximate surface area is 166 Å². The largest absolute Gasteiger partial charge is 0.497 e. The smallest absolute Gasteiger partial charge is 0.248 e. The Balaban J connectivity index is 1.67. The second kappa shape index (κ2) is 8.57. The van der Waals surface area contributed by atoms with Gasteiger partial charge in [-0.2, -0.15) is 0 Å². The lowest BCUT2D eigenvalue weighted by molar-refractivity contribution is -0.115. The summed E-state index contributed by atoms with van der Waals surface area (Å²) in [5.41, 5.74) is 7.04. The molecule has 1 aromatic heterocycles. The van der Waals surface area contributed by atoms with Gasteiger partial charge in [-0.3, -0.25) is 14.2 Å². The van der Waals surface area contributed by atoms with E-state index in [1.54, 1.807) is 49.2 Å². The quantitative estimate of drug-likeness (QED) is 0.593. The van der Waals surface area contributed by atoms with Crippen molar-refractivity contribution in [3.63, 3.8) is 0 Å². The number of nitrogens with one attached hydrogen (secondary N) is 1. The van der Waals surface area contributed by atoms with Crippen LogP contribution in [0, 0.1) is 0 Å². The van der Waals surface area contributed by atoms with Crippen LogP contribution in [0.5, 0.6) is 5.75 Å². The Kier molecular flexibility index (Phi) is 5.95. The maximum atomic E-state index is 12.5. The number of ether oxygens (including phenoxy) is 1. The molecule has 0 fully saturated rings. The molecule has 9 heteroatoms. The predicted molar refractivity (Wildman–Crippen MR) is 107 cm³/mol. The van der Waals surface area contributed by atoms with Crippen molar-refractivity contribution in [3.8, 4) is 11.4 Å². The normalized spacial score (nSPS) is 11.6. The molecule has 0 aliphatic heterocycles. The van der Waals surface area contributed by atoms with Crippen LogP contribution >= 0.6 is 11.8 Å². The third-order valence-electron chi connectivity index (χ3n) is 3.96. The van der Waals surface area contributed by atoms with Gasteiger partial charge in [0.25, 0.3) is 0 Å². The third kappa shape index (κ3) is 4.49. The maximum absolute atomic E-state index is 12.5. The van der Waals surface area contributed by atoms with Gasteiger partial charge < -0.3 is 15.8 Å². The molecular formula is C19H19N5O3S. The highest BCUT2D eigenvalue weighted by molar-refractivity contribution is 8.00. The first-order valence-corrected chi connectivity index (χ1v) is 9.27.